The van der Waals surface area contributed by atoms with Gasteiger partial charge in [-0.15, -0.1) is 11.3 Å². The monoisotopic (exact) mass is 457 g/mol. The van der Waals surface area contributed by atoms with Crippen LogP contribution in [0.5, 0.6) is 0 Å². The number of hydrogen-bond acceptors (Lipinski definition) is 6. The van der Waals surface area contributed by atoms with Crippen molar-refractivity contribution < 1.29 is 19.5 Å². The van der Waals surface area contributed by atoms with Crippen molar-refractivity contribution in [2.24, 2.45) is 0 Å². The molecule has 2 N–H and O–H groups in total. The van der Waals surface area contributed by atoms with Crippen LogP contribution in [-0.4, -0.2) is 39.3 Å². The number of amides is 3. The Balaban J connectivity index is 1.45. The van der Waals surface area contributed by atoms with Gasteiger partial charge in [0.05, 0.1) is 23.7 Å². The third kappa shape index (κ3) is 3.90. The predicted molar refractivity (Wildman–Crippen MR) is 125 cm³/mol. The van der Waals surface area contributed by atoms with Crippen molar-refractivity contribution in [2.75, 3.05) is 11.9 Å². The molecule has 8 heteroatoms. The first-order chi connectivity index (χ1) is 16.0. The molecule has 0 radical (unpaired) electrons. The summed E-state index contributed by atoms with van der Waals surface area (Å²) in [6.07, 6.45) is 3.43. The van der Waals surface area contributed by atoms with Crippen LogP contribution in [0.4, 0.5) is 5.69 Å². The fourth-order valence-electron chi connectivity index (χ4n) is 3.95. The number of nitrogens with zero attached hydrogens (tertiary/aromatic N) is 2. The lowest BCUT2D eigenvalue weighted by molar-refractivity contribution is -0.117. The third-order valence-corrected chi connectivity index (χ3v) is 6.83. The van der Waals surface area contributed by atoms with Crippen molar-refractivity contribution in [3.05, 3.63) is 93.9 Å². The highest BCUT2D eigenvalue weighted by molar-refractivity contribution is 7.12. The van der Waals surface area contributed by atoms with E-state index in [2.05, 4.69) is 10.3 Å². The number of fused-ring (bicyclic) bond motifs is 2. The molecule has 164 valence electrons. The number of hydrogen-bond donors (Lipinski definition) is 2. The first kappa shape index (κ1) is 21.0. The van der Waals surface area contributed by atoms with E-state index in [0.717, 1.165) is 15.7 Å². The van der Waals surface area contributed by atoms with Crippen molar-refractivity contribution >= 4 is 45.5 Å². The Bertz CT molecular complexity index is 1360. The van der Waals surface area contributed by atoms with Crippen molar-refractivity contribution in [3.63, 3.8) is 0 Å². The second-order valence-electron chi connectivity index (χ2n) is 7.71. The molecule has 0 saturated heterocycles. The number of nitrogens with one attached hydrogen (secondary N) is 1. The normalized spacial score (nSPS) is 13.9. The number of thiophene rings is 1. The number of rotatable bonds is 6. The van der Waals surface area contributed by atoms with Crippen LogP contribution in [0.3, 0.4) is 0 Å². The number of imide groups is 1. The lowest BCUT2D eigenvalue weighted by atomic mass is 10.1. The maximum atomic E-state index is 13.4. The molecule has 0 aliphatic carbocycles. The van der Waals surface area contributed by atoms with Gasteiger partial charge in [-0.3, -0.25) is 24.3 Å². The third-order valence-electron chi connectivity index (χ3n) is 5.65. The van der Waals surface area contributed by atoms with E-state index in [1.54, 1.807) is 54.9 Å². The molecule has 5 rings (SSSR count). The summed E-state index contributed by atoms with van der Waals surface area (Å²) in [6.45, 7) is -0.244. The number of carbonyl (C=O) groups is 3. The maximum absolute atomic E-state index is 13.4. The van der Waals surface area contributed by atoms with Crippen LogP contribution in [0.1, 0.15) is 36.4 Å². The van der Waals surface area contributed by atoms with E-state index in [0.29, 0.717) is 26.6 Å². The van der Waals surface area contributed by atoms with Gasteiger partial charge in [-0.05, 0) is 47.9 Å². The van der Waals surface area contributed by atoms with Crippen molar-refractivity contribution in [2.45, 2.75) is 12.5 Å². The first-order valence-corrected chi connectivity index (χ1v) is 11.2. The standard InChI is InChI=1S/C25H19N3O4S/c29-14-18-7-8-22(33-18)21(13-28-24(31)19-3-1-2-4-20(19)25(28)32)23(30)27-17-6-5-16-12-26-10-9-15(16)11-17/h1-12,21,29H,13-14H2,(H,27,30). The molecule has 2 aromatic heterocycles. The summed E-state index contributed by atoms with van der Waals surface area (Å²) in [5.74, 6) is -1.95. The van der Waals surface area contributed by atoms with Gasteiger partial charge in [-0.25, -0.2) is 0 Å². The zero-order chi connectivity index (χ0) is 22.9. The van der Waals surface area contributed by atoms with Gasteiger partial charge < -0.3 is 10.4 Å². The van der Waals surface area contributed by atoms with Crippen molar-refractivity contribution in [1.29, 1.82) is 0 Å². The van der Waals surface area contributed by atoms with Crippen LogP contribution in [0, 0.1) is 0 Å². The van der Waals surface area contributed by atoms with Crippen LogP contribution in [0.2, 0.25) is 0 Å². The molecule has 1 unspecified atom stereocenters. The van der Waals surface area contributed by atoms with Crippen LogP contribution < -0.4 is 5.32 Å². The number of carbonyl (C=O) groups excluding carboxylic acids is 3. The summed E-state index contributed by atoms with van der Waals surface area (Å²) < 4.78 is 0. The van der Waals surface area contributed by atoms with Crippen LogP contribution in [0.15, 0.2) is 73.1 Å². The number of pyridine rings is 1. The van der Waals surface area contributed by atoms with Gasteiger partial charge in [0, 0.05) is 39.8 Å². The largest absolute Gasteiger partial charge is 0.391 e. The highest BCUT2D eigenvalue weighted by Gasteiger charge is 2.38. The number of benzene rings is 2. The molecule has 0 fully saturated rings. The summed E-state index contributed by atoms with van der Waals surface area (Å²) in [7, 11) is 0. The Morgan fingerprint density at radius 1 is 1.00 bits per heavy atom. The SMILES string of the molecule is O=C(Nc1ccc2cnccc2c1)C(CN1C(=O)c2ccccc2C1=O)c1ccc(CO)s1. The van der Waals surface area contributed by atoms with E-state index < -0.39 is 17.7 Å². The van der Waals surface area contributed by atoms with Gasteiger partial charge >= 0.3 is 0 Å². The van der Waals surface area contributed by atoms with Gasteiger partial charge in [0.1, 0.15) is 0 Å². The molecule has 4 aromatic rings. The van der Waals surface area contributed by atoms with E-state index >= 15 is 0 Å². The highest BCUT2D eigenvalue weighted by Crippen LogP contribution is 2.31. The minimum atomic E-state index is -0.786. The van der Waals surface area contributed by atoms with Gasteiger partial charge in [0.25, 0.3) is 11.8 Å². The topological polar surface area (TPSA) is 99.6 Å². The van der Waals surface area contributed by atoms with Gasteiger partial charge in [-0.2, -0.15) is 0 Å². The zero-order valence-corrected chi connectivity index (χ0v) is 18.2. The minimum Gasteiger partial charge on any atom is -0.391 e. The molecule has 7 nitrogen and oxygen atoms in total. The molecule has 0 spiro atoms. The molecular weight excluding hydrogens is 438 g/mol. The van der Waals surface area contributed by atoms with Crippen molar-refractivity contribution in [3.8, 4) is 0 Å². The van der Waals surface area contributed by atoms with Crippen LogP contribution in [-0.2, 0) is 11.4 Å². The lowest BCUT2D eigenvalue weighted by Gasteiger charge is -2.21. The van der Waals surface area contributed by atoms with Gasteiger partial charge in [0.2, 0.25) is 5.91 Å². The molecule has 0 saturated carbocycles. The average molecular weight is 458 g/mol. The molecule has 1 aliphatic heterocycles. The number of anilines is 1. The number of aliphatic hydroxyl groups is 1. The number of aromatic nitrogens is 1. The smallest absolute Gasteiger partial charge is 0.261 e. The second kappa shape index (κ2) is 8.57. The second-order valence-corrected chi connectivity index (χ2v) is 8.91. The van der Waals surface area contributed by atoms with Gasteiger partial charge in [0.15, 0.2) is 0 Å². The molecule has 33 heavy (non-hydrogen) atoms. The number of aliphatic hydroxyl groups excluding tert-OH is 1. The Hall–Kier alpha value is -3.88. The summed E-state index contributed by atoms with van der Waals surface area (Å²) >= 11 is 1.28. The summed E-state index contributed by atoms with van der Waals surface area (Å²) in [5.41, 5.74) is 1.28. The molecule has 1 aliphatic rings. The Kier molecular flexibility index (Phi) is 5.45. The average Bonchev–Trinajstić information content (AvgIpc) is 3.41. The maximum Gasteiger partial charge on any atom is 0.261 e. The van der Waals surface area contributed by atoms with Crippen LogP contribution >= 0.6 is 11.3 Å². The lowest BCUT2D eigenvalue weighted by Crippen LogP contribution is -2.37. The Labute approximate surface area is 193 Å². The summed E-state index contributed by atoms with van der Waals surface area (Å²) in [6, 6.07) is 17.5. The first-order valence-electron chi connectivity index (χ1n) is 10.3. The van der Waals surface area contributed by atoms with E-state index in [4.69, 9.17) is 0 Å². The van der Waals surface area contributed by atoms with Gasteiger partial charge in [-0.1, -0.05) is 18.2 Å². The Morgan fingerprint density at radius 2 is 1.76 bits per heavy atom. The van der Waals surface area contributed by atoms with E-state index in [9.17, 15) is 19.5 Å². The fourth-order valence-corrected chi connectivity index (χ4v) is 4.91. The summed E-state index contributed by atoms with van der Waals surface area (Å²) in [5, 5.41) is 14.3. The highest BCUT2D eigenvalue weighted by atomic mass is 32.1. The molecule has 0 bridgehead atoms. The van der Waals surface area contributed by atoms with E-state index in [1.165, 1.54) is 11.3 Å². The van der Waals surface area contributed by atoms with E-state index in [1.807, 2.05) is 18.2 Å². The molecule has 2 aromatic carbocycles. The fraction of sp³-hybridized carbons (Fsp3) is 0.120. The zero-order valence-electron chi connectivity index (χ0n) is 17.4. The molecule has 3 amide bonds. The summed E-state index contributed by atoms with van der Waals surface area (Å²) in [4.78, 5) is 45.8. The minimum absolute atomic E-state index is 0.0962. The molecule has 3 heterocycles. The van der Waals surface area contributed by atoms with Crippen molar-refractivity contribution in [1.82, 2.24) is 9.88 Å². The predicted octanol–water partition coefficient (Wildman–Crippen LogP) is 3.81. The van der Waals surface area contributed by atoms with Crippen LogP contribution in [0.25, 0.3) is 10.8 Å². The molecule has 1 atom stereocenters. The van der Waals surface area contributed by atoms with E-state index in [-0.39, 0.29) is 19.1 Å². The molecular formula is C25H19N3O4S. The Morgan fingerprint density at radius 3 is 2.45 bits per heavy atom. The quantitative estimate of drug-likeness (QED) is 0.429.